The van der Waals surface area contributed by atoms with E-state index >= 15 is 0 Å². The van der Waals surface area contributed by atoms with E-state index in [1.807, 2.05) is 12.3 Å². The number of rotatable bonds is 4. The van der Waals surface area contributed by atoms with Gasteiger partial charge in [0.25, 0.3) is 0 Å². The van der Waals surface area contributed by atoms with Gasteiger partial charge in [-0.3, -0.25) is 4.98 Å². The molecule has 0 unspecified atom stereocenters. The van der Waals surface area contributed by atoms with Crippen LogP contribution in [0.15, 0.2) is 48.7 Å². The SMILES string of the molecule is CS(C)(C)C(c1ccc(-c2ccccc2)cn1)S(C)(C)C. The zero-order valence-electron chi connectivity index (χ0n) is 14.0. The molecule has 0 aliphatic rings. The third-order valence-corrected chi connectivity index (χ3v) is 9.94. The van der Waals surface area contributed by atoms with Gasteiger partial charge < -0.3 is 0 Å². The van der Waals surface area contributed by atoms with Gasteiger partial charge in [-0.2, -0.15) is 0 Å². The Morgan fingerprint density at radius 3 is 1.71 bits per heavy atom. The van der Waals surface area contributed by atoms with Crippen molar-refractivity contribution in [2.45, 2.75) is 4.58 Å². The molecule has 0 aliphatic heterocycles. The highest BCUT2D eigenvalue weighted by Gasteiger charge is 2.31. The van der Waals surface area contributed by atoms with Crippen molar-refractivity contribution in [3.05, 3.63) is 54.4 Å². The van der Waals surface area contributed by atoms with Crippen LogP contribution in [0.25, 0.3) is 11.1 Å². The van der Waals surface area contributed by atoms with Gasteiger partial charge >= 0.3 is 0 Å². The first-order chi connectivity index (χ1) is 9.69. The highest BCUT2D eigenvalue weighted by molar-refractivity contribution is 8.47. The molecule has 0 amide bonds. The molecule has 1 nitrogen and oxygen atoms in total. The number of pyridine rings is 1. The molecule has 116 valence electrons. The fraction of sp³-hybridized carbons (Fsp3) is 0.389. The summed E-state index contributed by atoms with van der Waals surface area (Å²) >= 11 is 0. The molecule has 0 spiro atoms. The zero-order valence-corrected chi connectivity index (χ0v) is 15.6. The van der Waals surface area contributed by atoms with Gasteiger partial charge in [-0.15, -0.1) is 0 Å². The minimum atomic E-state index is -0.679. The van der Waals surface area contributed by atoms with Gasteiger partial charge in [0.1, 0.15) is 0 Å². The van der Waals surface area contributed by atoms with E-state index < -0.39 is 20.1 Å². The first-order valence-corrected chi connectivity index (χ1v) is 12.9. The van der Waals surface area contributed by atoms with Crippen molar-refractivity contribution in [1.82, 2.24) is 4.98 Å². The van der Waals surface area contributed by atoms with Crippen LogP contribution in [0.2, 0.25) is 0 Å². The fourth-order valence-corrected chi connectivity index (χ4v) is 11.6. The van der Waals surface area contributed by atoms with Crippen LogP contribution in [-0.2, 0) is 0 Å². The molecule has 1 heterocycles. The van der Waals surface area contributed by atoms with Crippen molar-refractivity contribution in [1.29, 1.82) is 0 Å². The normalized spacial score (nSPS) is 14.2. The Labute approximate surface area is 132 Å². The molecule has 0 bridgehead atoms. The molecule has 1 aromatic carbocycles. The number of hydrogen-bond donors (Lipinski definition) is 0. The van der Waals surface area contributed by atoms with Crippen molar-refractivity contribution in [2.24, 2.45) is 0 Å². The molecule has 0 fully saturated rings. The summed E-state index contributed by atoms with van der Waals surface area (Å²) < 4.78 is 0.592. The fourth-order valence-electron chi connectivity index (χ4n) is 2.94. The monoisotopic (exact) mass is 321 g/mol. The molecule has 0 saturated heterocycles. The highest BCUT2D eigenvalue weighted by Crippen LogP contribution is 2.68. The van der Waals surface area contributed by atoms with Crippen molar-refractivity contribution >= 4 is 20.1 Å². The van der Waals surface area contributed by atoms with Gasteiger partial charge in [0.05, 0.1) is 10.3 Å². The Morgan fingerprint density at radius 2 is 1.29 bits per heavy atom. The minimum Gasteiger partial charge on any atom is -0.259 e. The summed E-state index contributed by atoms with van der Waals surface area (Å²) in [7, 11) is -1.36. The molecule has 21 heavy (non-hydrogen) atoms. The second-order valence-corrected chi connectivity index (χ2v) is 16.0. The van der Waals surface area contributed by atoms with Crippen molar-refractivity contribution in [2.75, 3.05) is 37.5 Å². The lowest BCUT2D eigenvalue weighted by molar-refractivity contribution is 1.14. The second-order valence-electron chi connectivity index (χ2n) is 7.03. The molecule has 2 rings (SSSR count). The first kappa shape index (κ1) is 16.4. The van der Waals surface area contributed by atoms with Crippen LogP contribution >= 0.6 is 20.1 Å². The Balaban J connectivity index is 2.37. The highest BCUT2D eigenvalue weighted by atomic mass is 32.3. The summed E-state index contributed by atoms with van der Waals surface area (Å²) in [5.41, 5.74) is 3.70. The lowest BCUT2D eigenvalue weighted by Gasteiger charge is -2.47. The molecule has 0 saturated carbocycles. The van der Waals surface area contributed by atoms with E-state index in [1.165, 1.54) is 16.8 Å². The van der Waals surface area contributed by atoms with Gasteiger partial charge in [0.15, 0.2) is 0 Å². The summed E-state index contributed by atoms with van der Waals surface area (Å²) in [6, 6.07) is 14.9. The maximum absolute atomic E-state index is 4.83. The topological polar surface area (TPSA) is 12.9 Å². The largest absolute Gasteiger partial charge is 0.259 e. The first-order valence-electron chi connectivity index (χ1n) is 7.05. The Kier molecular flexibility index (Phi) is 4.74. The smallest absolute Gasteiger partial charge is 0.0607 e. The van der Waals surface area contributed by atoms with Crippen LogP contribution in [-0.4, -0.2) is 42.5 Å². The average Bonchev–Trinajstić information content (AvgIpc) is 2.37. The summed E-state index contributed by atoms with van der Waals surface area (Å²) in [6.45, 7) is 0. The van der Waals surface area contributed by atoms with Crippen molar-refractivity contribution in [3.63, 3.8) is 0 Å². The van der Waals surface area contributed by atoms with E-state index in [-0.39, 0.29) is 0 Å². The van der Waals surface area contributed by atoms with Gasteiger partial charge in [-0.05, 0) is 49.2 Å². The van der Waals surface area contributed by atoms with Crippen molar-refractivity contribution in [3.8, 4) is 11.1 Å². The van der Waals surface area contributed by atoms with E-state index in [2.05, 4.69) is 73.9 Å². The molecular formula is C18H27NS2. The lowest BCUT2D eigenvalue weighted by atomic mass is 10.1. The predicted molar refractivity (Wildman–Crippen MR) is 103 cm³/mol. The van der Waals surface area contributed by atoms with Gasteiger partial charge in [-0.1, -0.05) is 36.4 Å². The number of nitrogens with zero attached hydrogens (tertiary/aromatic N) is 1. The third kappa shape index (κ3) is 4.04. The lowest BCUT2D eigenvalue weighted by Crippen LogP contribution is -2.15. The molecule has 0 radical (unpaired) electrons. The maximum atomic E-state index is 4.83. The van der Waals surface area contributed by atoms with Gasteiger partial charge in [0.2, 0.25) is 0 Å². The maximum Gasteiger partial charge on any atom is 0.0607 e. The van der Waals surface area contributed by atoms with Crippen LogP contribution in [0.3, 0.4) is 0 Å². The molecule has 0 N–H and O–H groups in total. The van der Waals surface area contributed by atoms with E-state index in [0.717, 1.165) is 0 Å². The van der Waals surface area contributed by atoms with Crippen LogP contribution in [0.1, 0.15) is 10.3 Å². The van der Waals surface area contributed by atoms with Crippen LogP contribution < -0.4 is 0 Å². The predicted octanol–water partition coefficient (Wildman–Crippen LogP) is 5.14. The molecule has 2 aromatic rings. The van der Waals surface area contributed by atoms with E-state index in [9.17, 15) is 0 Å². The van der Waals surface area contributed by atoms with Crippen LogP contribution in [0.5, 0.6) is 0 Å². The Bertz CT molecular complexity index is 563. The summed E-state index contributed by atoms with van der Waals surface area (Å²) in [6.07, 6.45) is 16.5. The standard InChI is InChI=1S/C18H27NS2/c1-20(2,3)18(21(4,5)6)17-13-12-16(14-19-17)15-10-8-7-9-11-15/h7-14,18H,1-6H3. The molecule has 1 aromatic heterocycles. The van der Waals surface area contributed by atoms with Crippen LogP contribution in [0, 0.1) is 0 Å². The second kappa shape index (κ2) is 6.05. The number of benzene rings is 1. The van der Waals surface area contributed by atoms with E-state index in [1.54, 1.807) is 0 Å². The third-order valence-electron chi connectivity index (χ3n) is 3.42. The molecule has 0 atom stereocenters. The number of aromatic nitrogens is 1. The summed E-state index contributed by atoms with van der Waals surface area (Å²) in [5.74, 6) is 0. The van der Waals surface area contributed by atoms with Crippen LogP contribution in [0.4, 0.5) is 0 Å². The summed E-state index contributed by atoms with van der Waals surface area (Å²) in [5, 5.41) is 0. The minimum absolute atomic E-state index is 0.592. The molecular weight excluding hydrogens is 294 g/mol. The van der Waals surface area contributed by atoms with E-state index in [4.69, 9.17) is 4.98 Å². The zero-order chi connectivity index (χ0) is 15.7. The molecule has 3 heteroatoms. The number of hydrogen-bond acceptors (Lipinski definition) is 1. The van der Waals surface area contributed by atoms with Gasteiger partial charge in [0, 0.05) is 11.8 Å². The Morgan fingerprint density at radius 1 is 0.714 bits per heavy atom. The van der Waals surface area contributed by atoms with Crippen molar-refractivity contribution < 1.29 is 0 Å². The molecule has 0 aliphatic carbocycles. The average molecular weight is 322 g/mol. The quantitative estimate of drug-likeness (QED) is 0.760. The van der Waals surface area contributed by atoms with E-state index in [0.29, 0.717) is 4.58 Å². The van der Waals surface area contributed by atoms with Gasteiger partial charge in [-0.25, -0.2) is 20.1 Å². The Hall–Kier alpha value is -0.930. The summed E-state index contributed by atoms with van der Waals surface area (Å²) in [4.78, 5) is 4.83.